The van der Waals surface area contributed by atoms with E-state index < -0.39 is 145 Å². The largest absolute Gasteiger partial charge is 0.481 e. The molecule has 28 heteroatoms. The Hall–Kier alpha value is -7.43. The molecule has 0 fully saturated rings. The highest BCUT2D eigenvalue weighted by molar-refractivity contribution is 5.98. The highest BCUT2D eigenvalue weighted by Gasteiger charge is 2.37. The maximum atomic E-state index is 14.3. The van der Waals surface area contributed by atoms with Gasteiger partial charge < -0.3 is 90.9 Å². The lowest BCUT2D eigenvalue weighted by Crippen LogP contribution is -2.62. The van der Waals surface area contributed by atoms with Crippen molar-refractivity contribution in [1.82, 2.24) is 47.5 Å². The van der Waals surface area contributed by atoms with Crippen LogP contribution >= 0.6 is 0 Å². The van der Waals surface area contributed by atoms with Gasteiger partial charge in [0.25, 0.3) is 0 Å². The predicted molar refractivity (Wildman–Crippen MR) is 295 cm³/mol. The summed E-state index contributed by atoms with van der Waals surface area (Å²) >= 11 is 0. The molecular formula is C52H86N14O14. The molecule has 0 aliphatic heterocycles. The number of aliphatic hydroxyl groups is 2. The molecule has 0 saturated heterocycles. The number of guanidine groups is 1. The van der Waals surface area contributed by atoms with E-state index in [0.717, 1.165) is 0 Å². The number of aliphatic carboxylic acids is 2. The van der Waals surface area contributed by atoms with E-state index in [1.165, 1.54) is 6.92 Å². The second-order valence-corrected chi connectivity index (χ2v) is 20.9. The number of carboxylic acid groups (broad SMARTS) is 2. The molecule has 1 aromatic carbocycles. The first-order valence-corrected chi connectivity index (χ1v) is 26.8. The van der Waals surface area contributed by atoms with Crippen LogP contribution in [0.4, 0.5) is 0 Å². The van der Waals surface area contributed by atoms with Crippen molar-refractivity contribution in [1.29, 1.82) is 0 Å². The summed E-state index contributed by atoms with van der Waals surface area (Å²) < 4.78 is 0. The van der Waals surface area contributed by atoms with Gasteiger partial charge in [-0.2, -0.15) is 0 Å². The van der Waals surface area contributed by atoms with Crippen molar-refractivity contribution in [3.8, 4) is 0 Å². The van der Waals surface area contributed by atoms with E-state index in [1.54, 1.807) is 58.2 Å². The quantitative estimate of drug-likeness (QED) is 0.0184. The van der Waals surface area contributed by atoms with Gasteiger partial charge in [0.2, 0.25) is 47.3 Å². The van der Waals surface area contributed by atoms with E-state index in [0.29, 0.717) is 29.3 Å². The van der Waals surface area contributed by atoms with Gasteiger partial charge in [0.15, 0.2) is 5.96 Å². The smallest absolute Gasteiger partial charge is 0.326 e. The van der Waals surface area contributed by atoms with E-state index in [4.69, 9.17) is 22.9 Å². The summed E-state index contributed by atoms with van der Waals surface area (Å²) in [7, 11) is 0. The average molecular weight is 1130 g/mol. The van der Waals surface area contributed by atoms with E-state index in [2.05, 4.69) is 52.5 Å². The second-order valence-electron chi connectivity index (χ2n) is 20.9. The molecule has 0 aliphatic carbocycles. The Morgan fingerprint density at radius 2 is 1.07 bits per heavy atom. The fourth-order valence-corrected chi connectivity index (χ4v) is 8.37. The van der Waals surface area contributed by atoms with Crippen LogP contribution in [-0.2, 0) is 54.4 Å². The maximum Gasteiger partial charge on any atom is 0.326 e. The van der Waals surface area contributed by atoms with Crippen molar-refractivity contribution in [2.45, 2.75) is 173 Å². The van der Waals surface area contributed by atoms with Crippen LogP contribution in [0.3, 0.4) is 0 Å². The lowest BCUT2D eigenvalue weighted by Gasteiger charge is -2.29. The summed E-state index contributed by atoms with van der Waals surface area (Å²) in [6.07, 6.45) is -0.620. The van der Waals surface area contributed by atoms with Crippen LogP contribution in [0, 0.1) is 17.8 Å². The molecule has 28 nitrogen and oxygen atoms in total. The predicted octanol–water partition coefficient (Wildman–Crippen LogP) is -2.83. The summed E-state index contributed by atoms with van der Waals surface area (Å²) in [5.74, 6) is -11.2. The van der Waals surface area contributed by atoms with Gasteiger partial charge in [-0.1, -0.05) is 59.7 Å². The highest BCUT2D eigenvalue weighted by atomic mass is 16.4. The second kappa shape index (κ2) is 34.5. The van der Waals surface area contributed by atoms with Gasteiger partial charge in [-0.3, -0.25) is 48.1 Å². The Bertz CT molecular complexity index is 2430. The number of aromatic nitrogens is 1. The molecule has 1 aromatic heterocycles. The first-order chi connectivity index (χ1) is 37.6. The summed E-state index contributed by atoms with van der Waals surface area (Å²) in [5, 5.41) is 61.2. The molecule has 0 radical (unpaired) electrons. The number of fused-ring (bicyclic) bond motifs is 1. The number of nitrogens with zero attached hydrogens (tertiary/aromatic N) is 1. The Labute approximate surface area is 465 Å². The maximum absolute atomic E-state index is 14.3. The molecular weight excluding hydrogens is 1040 g/mol. The standard InChI is InChI=1S/C52H86N14O14/c1-26(2)21-32(54)43(71)62-37(22-27(3)4)47(75)66-42(29(7)68)50(78)61-36(17-18-40(69)70)46(74)59-34(15-10-11-19-53)45(73)64-39(25-67)49(77)60-35(16-12-20-57-52(55)56)44(72)63-38(48(76)65-41(28(5)6)51(79)80)23-30-24-58-33-14-9-8-13-31(30)33/h8-9,13-14,24,26-29,32,34-39,41-42,58,67-68H,10-12,15-23,25,53-54H2,1-7H3,(H,59,74)(H,60,77)(H,61,78)(H,62,71)(H,63,72)(H,64,73)(H,65,76)(H,66,75)(H,69,70)(H,79,80)(H4,55,56,57)/t29-,32+,34+,35+,36+,37+,38+,39+,41+,42+/m1/s1. The van der Waals surface area contributed by atoms with Crippen LogP contribution in [0.15, 0.2) is 35.5 Å². The third-order valence-corrected chi connectivity index (χ3v) is 12.7. The normalized spacial score (nSPS) is 15.1. The van der Waals surface area contributed by atoms with E-state index in [9.17, 15) is 68.4 Å². The third kappa shape index (κ3) is 23.9. The number of H-pyrrole nitrogens is 1. The third-order valence-electron chi connectivity index (χ3n) is 12.7. The SMILES string of the molecule is CC(C)C[C@H](NC(=O)[C@@H](N)CC(C)C)C(=O)N[C@H](C(=O)N[C@@H](CCC(=O)O)C(=O)N[C@@H](CCCCN)C(=O)N[C@@H](CO)C(=O)N[C@@H](CCCN=C(N)N)C(=O)N[C@@H](Cc1c[nH]c2ccccc12)C(=O)N[C@H](C(=O)O)C(C)C)[C@@H](C)O. The Morgan fingerprint density at radius 3 is 1.60 bits per heavy atom. The van der Waals surface area contributed by atoms with Crippen LogP contribution in [-0.4, -0.2) is 171 Å². The minimum atomic E-state index is -1.80. The number of amides is 8. The Balaban J connectivity index is 2.45. The first kappa shape index (κ1) is 68.7. The molecule has 448 valence electrons. The number of nitrogens with two attached hydrogens (primary N) is 4. The molecule has 0 aliphatic rings. The number of carboxylic acids is 2. The van der Waals surface area contributed by atoms with Gasteiger partial charge in [-0.05, 0) is 94.2 Å². The monoisotopic (exact) mass is 1130 g/mol. The molecule has 21 N–H and O–H groups in total. The van der Waals surface area contributed by atoms with Crippen LogP contribution in [0.25, 0.3) is 10.9 Å². The molecule has 1 heterocycles. The molecule has 2 aromatic rings. The summed E-state index contributed by atoms with van der Waals surface area (Å²) in [5.41, 5.74) is 24.1. The van der Waals surface area contributed by atoms with Crippen molar-refractivity contribution in [3.05, 3.63) is 36.0 Å². The fourth-order valence-electron chi connectivity index (χ4n) is 8.37. The zero-order valence-corrected chi connectivity index (χ0v) is 46.7. The number of carbonyl (C=O) groups is 10. The van der Waals surface area contributed by atoms with Gasteiger partial charge in [-0.25, -0.2) is 4.79 Å². The number of benzene rings is 1. The number of aromatic amines is 1. The molecule has 0 spiro atoms. The highest BCUT2D eigenvalue weighted by Crippen LogP contribution is 2.20. The topological polar surface area (TPSA) is 480 Å². The fraction of sp³-hybridized carbons (Fsp3) is 0.635. The molecule has 8 amide bonds. The molecule has 0 unspecified atom stereocenters. The van der Waals surface area contributed by atoms with Gasteiger partial charge >= 0.3 is 11.9 Å². The number of aliphatic imine (C=N–C) groups is 1. The zero-order valence-electron chi connectivity index (χ0n) is 46.7. The number of para-hydroxylation sites is 1. The number of aliphatic hydroxyl groups excluding tert-OH is 2. The van der Waals surface area contributed by atoms with Gasteiger partial charge in [-0.15, -0.1) is 0 Å². The molecule has 2 rings (SSSR count). The van der Waals surface area contributed by atoms with Gasteiger partial charge in [0.1, 0.15) is 48.3 Å². The lowest BCUT2D eigenvalue weighted by atomic mass is 10.00. The molecule has 10 atom stereocenters. The minimum absolute atomic E-state index is 0.0187. The number of hydrogen-bond donors (Lipinski definition) is 17. The Morgan fingerprint density at radius 1 is 0.588 bits per heavy atom. The van der Waals surface area contributed by atoms with Gasteiger partial charge in [0.05, 0.1) is 18.8 Å². The van der Waals surface area contributed by atoms with E-state index in [-0.39, 0.29) is 69.4 Å². The average Bonchev–Trinajstić information content (AvgIpc) is 3.79. The van der Waals surface area contributed by atoms with E-state index in [1.807, 2.05) is 13.8 Å². The van der Waals surface area contributed by atoms with Crippen molar-refractivity contribution in [2.24, 2.45) is 45.7 Å². The lowest BCUT2D eigenvalue weighted by molar-refractivity contribution is -0.143. The molecule has 0 bridgehead atoms. The number of hydrogen-bond acceptors (Lipinski definition) is 15. The van der Waals surface area contributed by atoms with E-state index >= 15 is 0 Å². The van der Waals surface area contributed by atoms with Gasteiger partial charge in [0, 0.05) is 36.5 Å². The van der Waals surface area contributed by atoms with Crippen LogP contribution in [0.2, 0.25) is 0 Å². The van der Waals surface area contributed by atoms with Crippen molar-refractivity contribution < 1.29 is 68.4 Å². The van der Waals surface area contributed by atoms with Crippen LogP contribution in [0.5, 0.6) is 0 Å². The van der Waals surface area contributed by atoms with Crippen molar-refractivity contribution in [3.63, 3.8) is 0 Å². The zero-order chi connectivity index (χ0) is 60.4. The minimum Gasteiger partial charge on any atom is -0.481 e. The molecule has 80 heavy (non-hydrogen) atoms. The summed E-state index contributed by atoms with van der Waals surface area (Å²) in [6.45, 7) is 10.7. The molecule has 0 saturated carbocycles. The van der Waals surface area contributed by atoms with Crippen molar-refractivity contribution >= 4 is 76.1 Å². The number of rotatable bonds is 37. The Kier molecular flexibility index (Phi) is 29.7. The van der Waals surface area contributed by atoms with Crippen molar-refractivity contribution in [2.75, 3.05) is 19.7 Å². The van der Waals surface area contributed by atoms with Crippen LogP contribution in [0.1, 0.15) is 112 Å². The van der Waals surface area contributed by atoms with Crippen LogP contribution < -0.4 is 65.5 Å². The number of nitrogens with one attached hydrogen (secondary N) is 9. The first-order valence-electron chi connectivity index (χ1n) is 26.8. The summed E-state index contributed by atoms with van der Waals surface area (Å²) in [4.78, 5) is 142. The summed E-state index contributed by atoms with van der Waals surface area (Å²) in [6, 6.07) is -6.06. The number of carbonyl (C=O) groups excluding carboxylic acids is 8. The number of unbranched alkanes of at least 4 members (excludes halogenated alkanes) is 1.